The van der Waals surface area contributed by atoms with Gasteiger partial charge in [0.05, 0.1) is 11.4 Å². The molecular formula is C9H14N4. The molecular weight excluding hydrogens is 164 g/mol. The lowest BCUT2D eigenvalue weighted by Crippen LogP contribution is -2.36. The Labute approximate surface area is 77.6 Å². The summed E-state index contributed by atoms with van der Waals surface area (Å²) in [7, 11) is 0. The van der Waals surface area contributed by atoms with Crippen molar-refractivity contribution in [1.82, 2.24) is 20.3 Å². The highest BCUT2D eigenvalue weighted by Crippen LogP contribution is 2.16. The monoisotopic (exact) mass is 178 g/mol. The van der Waals surface area contributed by atoms with Crippen LogP contribution in [0.2, 0.25) is 0 Å². The molecule has 0 saturated heterocycles. The van der Waals surface area contributed by atoms with Gasteiger partial charge in [-0.3, -0.25) is 4.90 Å². The lowest BCUT2D eigenvalue weighted by Gasteiger charge is -2.28. The Hall–Kier alpha value is -1.16. The average molecular weight is 178 g/mol. The van der Waals surface area contributed by atoms with E-state index >= 15 is 0 Å². The number of nitrogens with one attached hydrogen (secondary N) is 1. The van der Waals surface area contributed by atoms with E-state index < -0.39 is 0 Å². The molecule has 1 N–H and O–H groups in total. The predicted molar refractivity (Wildman–Crippen MR) is 50.2 cm³/mol. The quantitative estimate of drug-likeness (QED) is 0.679. The van der Waals surface area contributed by atoms with Crippen molar-refractivity contribution in [3.8, 4) is 0 Å². The zero-order valence-corrected chi connectivity index (χ0v) is 7.82. The number of aromatic amines is 1. The topological polar surface area (TPSA) is 44.8 Å². The van der Waals surface area contributed by atoms with Gasteiger partial charge >= 0.3 is 0 Å². The van der Waals surface area contributed by atoms with E-state index in [0.717, 1.165) is 30.9 Å². The fourth-order valence-corrected chi connectivity index (χ4v) is 1.62. The standard InChI is InChI=1S/C9H14N4/c1-3-7(2)13-5-4-8-9(6-13)11-12-10-8/h3,7H,1,4-6H2,2H3,(H,10,11,12). The van der Waals surface area contributed by atoms with Gasteiger partial charge in [0.1, 0.15) is 0 Å². The van der Waals surface area contributed by atoms with Gasteiger partial charge < -0.3 is 0 Å². The van der Waals surface area contributed by atoms with E-state index in [-0.39, 0.29) is 0 Å². The Morgan fingerprint density at radius 2 is 2.31 bits per heavy atom. The van der Waals surface area contributed by atoms with Crippen molar-refractivity contribution in [1.29, 1.82) is 0 Å². The van der Waals surface area contributed by atoms with E-state index in [1.54, 1.807) is 0 Å². The normalized spacial score (nSPS) is 19.5. The molecule has 70 valence electrons. The SMILES string of the molecule is C=CC(C)N1CCc2n[nH]nc2C1. The molecule has 2 rings (SSSR count). The van der Waals surface area contributed by atoms with Crippen molar-refractivity contribution < 1.29 is 0 Å². The van der Waals surface area contributed by atoms with Gasteiger partial charge in [-0.2, -0.15) is 15.4 Å². The first kappa shape index (κ1) is 8.44. The fourth-order valence-electron chi connectivity index (χ4n) is 1.62. The lowest BCUT2D eigenvalue weighted by molar-refractivity contribution is 0.218. The fraction of sp³-hybridized carbons (Fsp3) is 0.556. The highest BCUT2D eigenvalue weighted by Gasteiger charge is 2.21. The molecule has 1 aliphatic rings. The van der Waals surface area contributed by atoms with Gasteiger partial charge in [-0.25, -0.2) is 0 Å². The summed E-state index contributed by atoms with van der Waals surface area (Å²) in [6, 6.07) is 0.421. The van der Waals surface area contributed by atoms with Gasteiger partial charge in [-0.05, 0) is 6.92 Å². The van der Waals surface area contributed by atoms with Crippen LogP contribution in [0.5, 0.6) is 0 Å². The minimum Gasteiger partial charge on any atom is -0.291 e. The van der Waals surface area contributed by atoms with Crippen molar-refractivity contribution >= 4 is 0 Å². The van der Waals surface area contributed by atoms with Crippen molar-refractivity contribution in [3.63, 3.8) is 0 Å². The molecule has 0 aromatic carbocycles. The molecule has 0 radical (unpaired) electrons. The highest BCUT2D eigenvalue weighted by molar-refractivity contribution is 5.12. The summed E-state index contributed by atoms with van der Waals surface area (Å²) in [5.74, 6) is 0. The van der Waals surface area contributed by atoms with Crippen LogP contribution in [0.4, 0.5) is 0 Å². The van der Waals surface area contributed by atoms with Crippen LogP contribution >= 0.6 is 0 Å². The second kappa shape index (κ2) is 3.30. The second-order valence-electron chi connectivity index (χ2n) is 3.41. The van der Waals surface area contributed by atoms with Crippen molar-refractivity contribution in [2.24, 2.45) is 0 Å². The maximum absolute atomic E-state index is 4.11. The first-order valence-electron chi connectivity index (χ1n) is 4.56. The number of rotatable bonds is 2. The molecule has 1 atom stereocenters. The summed E-state index contributed by atoms with van der Waals surface area (Å²) in [5, 5.41) is 10.9. The van der Waals surface area contributed by atoms with E-state index in [1.807, 2.05) is 6.08 Å². The zero-order valence-electron chi connectivity index (χ0n) is 7.82. The van der Waals surface area contributed by atoms with Crippen LogP contribution in [0.25, 0.3) is 0 Å². The Kier molecular flexibility index (Phi) is 2.14. The van der Waals surface area contributed by atoms with E-state index in [0.29, 0.717) is 6.04 Å². The molecule has 0 amide bonds. The van der Waals surface area contributed by atoms with Gasteiger partial charge in [0.2, 0.25) is 0 Å². The molecule has 0 aliphatic carbocycles. The molecule has 4 heteroatoms. The van der Waals surface area contributed by atoms with E-state index in [1.165, 1.54) is 0 Å². The van der Waals surface area contributed by atoms with Crippen LogP contribution in [0.1, 0.15) is 18.3 Å². The number of fused-ring (bicyclic) bond motifs is 1. The summed E-state index contributed by atoms with van der Waals surface area (Å²) in [6.07, 6.45) is 2.95. The first-order valence-corrected chi connectivity index (χ1v) is 4.56. The summed E-state index contributed by atoms with van der Waals surface area (Å²) in [6.45, 7) is 7.88. The molecule has 0 fully saturated rings. The van der Waals surface area contributed by atoms with Crippen molar-refractivity contribution in [3.05, 3.63) is 24.0 Å². The summed E-state index contributed by atoms with van der Waals surface area (Å²) < 4.78 is 0. The molecule has 0 bridgehead atoms. The van der Waals surface area contributed by atoms with E-state index in [4.69, 9.17) is 0 Å². The third kappa shape index (κ3) is 1.49. The second-order valence-corrected chi connectivity index (χ2v) is 3.41. The van der Waals surface area contributed by atoms with Crippen LogP contribution < -0.4 is 0 Å². The molecule has 1 aliphatic heterocycles. The molecule has 1 aromatic rings. The van der Waals surface area contributed by atoms with Crippen LogP contribution in [0, 0.1) is 0 Å². The minimum atomic E-state index is 0.421. The Morgan fingerprint density at radius 1 is 1.54 bits per heavy atom. The van der Waals surface area contributed by atoms with Crippen LogP contribution in [-0.2, 0) is 13.0 Å². The first-order chi connectivity index (χ1) is 6.31. The van der Waals surface area contributed by atoms with Gasteiger partial charge in [-0.15, -0.1) is 6.58 Å². The smallest absolute Gasteiger partial charge is 0.0997 e. The third-order valence-electron chi connectivity index (χ3n) is 2.61. The maximum atomic E-state index is 4.11. The lowest BCUT2D eigenvalue weighted by atomic mass is 10.1. The largest absolute Gasteiger partial charge is 0.291 e. The number of nitrogens with zero attached hydrogens (tertiary/aromatic N) is 3. The van der Waals surface area contributed by atoms with Gasteiger partial charge in [0, 0.05) is 25.6 Å². The summed E-state index contributed by atoms with van der Waals surface area (Å²) >= 11 is 0. The molecule has 1 unspecified atom stereocenters. The number of H-pyrrole nitrogens is 1. The van der Waals surface area contributed by atoms with E-state index in [2.05, 4.69) is 33.8 Å². The summed E-state index contributed by atoms with van der Waals surface area (Å²) in [4.78, 5) is 2.35. The molecule has 2 heterocycles. The van der Waals surface area contributed by atoms with E-state index in [9.17, 15) is 0 Å². The average Bonchev–Trinajstić information content (AvgIpc) is 2.63. The minimum absolute atomic E-state index is 0.421. The maximum Gasteiger partial charge on any atom is 0.0997 e. The number of hydrogen-bond acceptors (Lipinski definition) is 3. The van der Waals surface area contributed by atoms with Crippen LogP contribution in [0.3, 0.4) is 0 Å². The summed E-state index contributed by atoms with van der Waals surface area (Å²) in [5.41, 5.74) is 2.20. The molecule has 0 saturated carbocycles. The Bertz CT molecular complexity index is 304. The third-order valence-corrected chi connectivity index (χ3v) is 2.61. The van der Waals surface area contributed by atoms with Crippen LogP contribution in [-0.4, -0.2) is 32.9 Å². The highest BCUT2D eigenvalue weighted by atomic mass is 15.3. The van der Waals surface area contributed by atoms with Crippen LogP contribution in [0.15, 0.2) is 12.7 Å². The number of hydrogen-bond donors (Lipinski definition) is 1. The molecule has 13 heavy (non-hydrogen) atoms. The van der Waals surface area contributed by atoms with Crippen molar-refractivity contribution in [2.45, 2.75) is 25.9 Å². The van der Waals surface area contributed by atoms with Crippen molar-refractivity contribution in [2.75, 3.05) is 6.54 Å². The molecule has 1 aromatic heterocycles. The Morgan fingerprint density at radius 3 is 3.08 bits per heavy atom. The predicted octanol–water partition coefficient (Wildman–Crippen LogP) is 0.737. The van der Waals surface area contributed by atoms with Gasteiger partial charge in [0.15, 0.2) is 0 Å². The number of aromatic nitrogens is 3. The molecule has 4 nitrogen and oxygen atoms in total. The zero-order chi connectivity index (χ0) is 9.26. The van der Waals surface area contributed by atoms with Gasteiger partial charge in [0.25, 0.3) is 0 Å². The van der Waals surface area contributed by atoms with Gasteiger partial charge in [-0.1, -0.05) is 6.08 Å². The molecule has 0 spiro atoms. The Balaban J connectivity index is 2.12.